The maximum atomic E-state index is 12.9. The quantitative estimate of drug-likeness (QED) is 0.799. The van der Waals surface area contributed by atoms with Crippen molar-refractivity contribution in [1.29, 1.82) is 0 Å². The van der Waals surface area contributed by atoms with Crippen molar-refractivity contribution in [1.82, 2.24) is 9.80 Å². The fourth-order valence-corrected chi connectivity index (χ4v) is 3.78. The second-order valence-electron chi connectivity index (χ2n) is 7.45. The van der Waals surface area contributed by atoms with Crippen LogP contribution in [0.2, 0.25) is 0 Å². The van der Waals surface area contributed by atoms with Crippen LogP contribution in [0.15, 0.2) is 54.6 Å². The zero-order valence-corrected chi connectivity index (χ0v) is 17.1. The van der Waals surface area contributed by atoms with Crippen LogP contribution in [0.1, 0.15) is 13.8 Å². The van der Waals surface area contributed by atoms with Crippen LogP contribution in [-0.4, -0.2) is 67.7 Å². The first-order chi connectivity index (χ1) is 13.6. The predicted octanol–water partition coefficient (Wildman–Crippen LogP) is 3.33. The molecule has 2 atom stereocenters. The van der Waals surface area contributed by atoms with Crippen LogP contribution < -0.4 is 5.32 Å². The summed E-state index contributed by atoms with van der Waals surface area (Å²) < 4.78 is 5.26. The molecule has 5 heteroatoms. The van der Waals surface area contributed by atoms with Gasteiger partial charge in [0.05, 0.1) is 12.6 Å². The van der Waals surface area contributed by atoms with Gasteiger partial charge in [0.25, 0.3) is 0 Å². The fraction of sp³-hybridized carbons (Fsp3) is 0.435. The van der Waals surface area contributed by atoms with Crippen LogP contribution in [0, 0.1) is 0 Å². The molecule has 0 aromatic heterocycles. The number of hydrogen-bond acceptors (Lipinski definition) is 4. The lowest BCUT2D eigenvalue weighted by atomic mass is 10.0. The molecule has 1 fully saturated rings. The van der Waals surface area contributed by atoms with Gasteiger partial charge in [-0.2, -0.15) is 0 Å². The Labute approximate surface area is 168 Å². The Morgan fingerprint density at radius 1 is 0.964 bits per heavy atom. The van der Waals surface area contributed by atoms with Crippen molar-refractivity contribution < 1.29 is 9.53 Å². The molecule has 1 amide bonds. The Bertz CT molecular complexity index is 757. The smallest absolute Gasteiger partial charge is 0.241 e. The van der Waals surface area contributed by atoms with Gasteiger partial charge in [-0.15, -0.1) is 0 Å². The van der Waals surface area contributed by atoms with Crippen molar-refractivity contribution in [3.63, 3.8) is 0 Å². The third-order valence-electron chi connectivity index (χ3n) is 5.58. The summed E-state index contributed by atoms with van der Waals surface area (Å²) in [6.45, 7) is 8.63. The van der Waals surface area contributed by atoms with Gasteiger partial charge in [-0.05, 0) is 25.5 Å². The van der Waals surface area contributed by atoms with E-state index in [1.807, 2.05) is 49.4 Å². The van der Waals surface area contributed by atoms with Gasteiger partial charge in [0, 0.05) is 50.6 Å². The number of para-hydroxylation sites is 1. The Hall–Kier alpha value is -2.21. The molecule has 5 nitrogen and oxygen atoms in total. The Morgan fingerprint density at radius 2 is 1.57 bits per heavy atom. The SMILES string of the molecule is COC[C@@H](C)N1CCN([C@H](C)C(=O)Nc2ccccc2-c2ccccc2)CC1. The third-order valence-corrected chi connectivity index (χ3v) is 5.58. The predicted molar refractivity (Wildman–Crippen MR) is 114 cm³/mol. The van der Waals surface area contributed by atoms with Gasteiger partial charge < -0.3 is 10.1 Å². The highest BCUT2D eigenvalue weighted by molar-refractivity contribution is 5.98. The normalized spacial score (nSPS) is 17.8. The zero-order chi connectivity index (χ0) is 19.9. The molecule has 150 valence electrons. The Kier molecular flexibility index (Phi) is 7.20. The fourth-order valence-electron chi connectivity index (χ4n) is 3.78. The third kappa shape index (κ3) is 4.98. The van der Waals surface area contributed by atoms with Crippen LogP contribution in [0.3, 0.4) is 0 Å². The summed E-state index contributed by atoms with van der Waals surface area (Å²) in [5.41, 5.74) is 3.01. The second kappa shape index (κ2) is 9.82. The highest BCUT2D eigenvalue weighted by Gasteiger charge is 2.27. The first-order valence-electron chi connectivity index (χ1n) is 10.0. The van der Waals surface area contributed by atoms with Crippen LogP contribution in [0.4, 0.5) is 5.69 Å². The van der Waals surface area contributed by atoms with Crippen molar-refractivity contribution in [3.8, 4) is 11.1 Å². The van der Waals surface area contributed by atoms with E-state index in [-0.39, 0.29) is 11.9 Å². The molecule has 1 saturated heterocycles. The van der Waals surface area contributed by atoms with Gasteiger partial charge >= 0.3 is 0 Å². The Balaban J connectivity index is 1.62. The molecule has 0 saturated carbocycles. The van der Waals surface area contributed by atoms with Gasteiger partial charge in [0.1, 0.15) is 0 Å². The number of benzene rings is 2. The molecule has 1 aliphatic heterocycles. The second-order valence-corrected chi connectivity index (χ2v) is 7.45. The van der Waals surface area contributed by atoms with Crippen LogP contribution >= 0.6 is 0 Å². The summed E-state index contributed by atoms with van der Waals surface area (Å²) in [5.74, 6) is 0.0433. The van der Waals surface area contributed by atoms with Gasteiger partial charge in [0.2, 0.25) is 5.91 Å². The van der Waals surface area contributed by atoms with E-state index in [2.05, 4.69) is 34.2 Å². The lowest BCUT2D eigenvalue weighted by Gasteiger charge is -2.39. The number of hydrogen-bond donors (Lipinski definition) is 1. The van der Waals surface area contributed by atoms with Crippen LogP contribution in [-0.2, 0) is 9.53 Å². The van der Waals surface area contributed by atoms with Gasteiger partial charge in [-0.3, -0.25) is 14.6 Å². The summed E-state index contributed by atoms with van der Waals surface area (Å²) in [5, 5.41) is 3.15. The summed E-state index contributed by atoms with van der Waals surface area (Å²) in [4.78, 5) is 17.6. The molecule has 0 aliphatic carbocycles. The molecule has 0 spiro atoms. The lowest BCUT2D eigenvalue weighted by Crippen LogP contribution is -2.55. The van der Waals surface area contributed by atoms with E-state index >= 15 is 0 Å². The largest absolute Gasteiger partial charge is 0.383 e. The molecule has 0 bridgehead atoms. The summed E-state index contributed by atoms with van der Waals surface area (Å²) in [7, 11) is 1.74. The Morgan fingerprint density at radius 3 is 2.25 bits per heavy atom. The minimum absolute atomic E-state index is 0.0433. The van der Waals surface area contributed by atoms with Gasteiger partial charge in [0.15, 0.2) is 0 Å². The molecule has 1 heterocycles. The average molecular weight is 382 g/mol. The minimum Gasteiger partial charge on any atom is -0.383 e. The minimum atomic E-state index is -0.163. The molecule has 1 aliphatic rings. The van der Waals surface area contributed by atoms with E-state index in [4.69, 9.17) is 4.74 Å². The number of ether oxygens (including phenoxy) is 1. The van der Waals surface area contributed by atoms with E-state index < -0.39 is 0 Å². The molecule has 0 unspecified atom stereocenters. The van der Waals surface area contributed by atoms with Gasteiger partial charge in [-0.25, -0.2) is 0 Å². The number of piperazine rings is 1. The molecule has 3 rings (SSSR count). The first-order valence-corrected chi connectivity index (χ1v) is 10.0. The number of nitrogens with one attached hydrogen (secondary N) is 1. The maximum absolute atomic E-state index is 12.9. The molecular weight excluding hydrogens is 350 g/mol. The van der Waals surface area contributed by atoms with Crippen molar-refractivity contribution >= 4 is 11.6 Å². The van der Waals surface area contributed by atoms with Crippen molar-refractivity contribution in [2.75, 3.05) is 45.2 Å². The highest BCUT2D eigenvalue weighted by Crippen LogP contribution is 2.27. The van der Waals surface area contributed by atoms with E-state index in [1.54, 1.807) is 7.11 Å². The number of methoxy groups -OCH3 is 1. The number of carbonyl (C=O) groups is 1. The molecule has 0 radical (unpaired) electrons. The number of rotatable bonds is 7. The van der Waals surface area contributed by atoms with E-state index in [9.17, 15) is 4.79 Å². The van der Waals surface area contributed by atoms with Crippen molar-refractivity contribution in [2.24, 2.45) is 0 Å². The first kappa shape index (κ1) is 20.5. The highest BCUT2D eigenvalue weighted by atomic mass is 16.5. The molecule has 28 heavy (non-hydrogen) atoms. The van der Waals surface area contributed by atoms with Crippen LogP contribution in [0.5, 0.6) is 0 Å². The van der Waals surface area contributed by atoms with E-state index in [0.717, 1.165) is 49.6 Å². The van der Waals surface area contributed by atoms with Crippen molar-refractivity contribution in [2.45, 2.75) is 25.9 Å². The van der Waals surface area contributed by atoms with E-state index in [0.29, 0.717) is 6.04 Å². The number of amides is 1. The van der Waals surface area contributed by atoms with Crippen molar-refractivity contribution in [3.05, 3.63) is 54.6 Å². The summed E-state index contributed by atoms with van der Waals surface area (Å²) >= 11 is 0. The monoisotopic (exact) mass is 381 g/mol. The summed E-state index contributed by atoms with van der Waals surface area (Å²) in [6, 6.07) is 18.4. The molecular formula is C23H31N3O2. The molecule has 1 N–H and O–H groups in total. The molecule has 2 aromatic carbocycles. The number of anilines is 1. The molecule has 2 aromatic rings. The maximum Gasteiger partial charge on any atom is 0.241 e. The number of carbonyl (C=O) groups excluding carboxylic acids is 1. The standard InChI is InChI=1S/C23H31N3O2/c1-18(17-28-3)25-13-15-26(16-14-25)19(2)23(27)24-22-12-8-7-11-21(22)20-9-5-4-6-10-20/h4-12,18-19H,13-17H2,1-3H3,(H,24,27)/t18-,19-/m1/s1. The average Bonchev–Trinajstić information content (AvgIpc) is 2.74. The summed E-state index contributed by atoms with van der Waals surface area (Å²) in [6.07, 6.45) is 0. The zero-order valence-electron chi connectivity index (χ0n) is 17.1. The van der Waals surface area contributed by atoms with E-state index in [1.165, 1.54) is 0 Å². The number of nitrogens with zero attached hydrogens (tertiary/aromatic N) is 2. The lowest BCUT2D eigenvalue weighted by molar-refractivity contribution is -0.121. The van der Waals surface area contributed by atoms with Gasteiger partial charge in [-0.1, -0.05) is 48.5 Å². The topological polar surface area (TPSA) is 44.8 Å². The van der Waals surface area contributed by atoms with Crippen LogP contribution in [0.25, 0.3) is 11.1 Å².